The molecule has 0 spiro atoms. The highest BCUT2D eigenvalue weighted by Gasteiger charge is 2.16. The molecule has 0 aromatic heterocycles. The van der Waals surface area contributed by atoms with Gasteiger partial charge in [0.1, 0.15) is 0 Å². The van der Waals surface area contributed by atoms with E-state index in [4.69, 9.17) is 11.2 Å². The molecule has 2 aromatic rings. The average molecular weight is 414 g/mol. The van der Waals surface area contributed by atoms with Crippen LogP contribution in [-0.4, -0.2) is 39.4 Å². The van der Waals surface area contributed by atoms with Crippen molar-refractivity contribution < 1.29 is 27.5 Å². The van der Waals surface area contributed by atoms with E-state index in [1.54, 1.807) is 24.3 Å². The Hall–Kier alpha value is -3.48. The van der Waals surface area contributed by atoms with Crippen LogP contribution in [0.5, 0.6) is 0 Å². The summed E-state index contributed by atoms with van der Waals surface area (Å²) in [7, 11) is -3.78. The first-order valence-electron chi connectivity index (χ1n) is 8.39. The highest BCUT2D eigenvalue weighted by atomic mass is 32.2. The molecule has 0 atom stereocenters. The minimum Gasteiger partial charge on any atom is -0.452 e. The van der Waals surface area contributed by atoms with Crippen LogP contribution in [0.25, 0.3) is 0 Å². The van der Waals surface area contributed by atoms with Crippen molar-refractivity contribution in [3.63, 3.8) is 0 Å². The Kier molecular flexibility index (Phi) is 7.65. The Bertz CT molecular complexity index is 1020. The summed E-state index contributed by atoms with van der Waals surface area (Å²) in [5.74, 6) is 0.0256. The molecule has 2 amide bonds. The fraction of sp³-hybridized carbons (Fsp3) is 0.150. The summed E-state index contributed by atoms with van der Waals surface area (Å²) < 4.78 is 30.8. The van der Waals surface area contributed by atoms with Crippen molar-refractivity contribution in [3.8, 4) is 12.3 Å². The maximum atomic E-state index is 12.0. The molecule has 0 heterocycles. The third-order valence-corrected chi connectivity index (χ3v) is 5.00. The number of terminal acetylenes is 1. The molecule has 0 saturated carbocycles. The largest absolute Gasteiger partial charge is 0.452 e. The van der Waals surface area contributed by atoms with Crippen molar-refractivity contribution >= 4 is 27.8 Å². The molecular weight excluding hydrogens is 396 g/mol. The Morgan fingerprint density at radius 2 is 1.62 bits per heavy atom. The number of carbonyl (C=O) groups is 3. The fourth-order valence-electron chi connectivity index (χ4n) is 2.22. The summed E-state index contributed by atoms with van der Waals surface area (Å²) in [5.41, 5.74) is 0.783. The second kappa shape index (κ2) is 10.2. The van der Waals surface area contributed by atoms with Crippen LogP contribution in [0.15, 0.2) is 59.5 Å². The zero-order chi connectivity index (χ0) is 21.3. The van der Waals surface area contributed by atoms with E-state index in [0.717, 1.165) is 5.56 Å². The molecule has 0 aliphatic rings. The van der Waals surface area contributed by atoms with E-state index in [9.17, 15) is 22.8 Å². The molecule has 0 radical (unpaired) electrons. The summed E-state index contributed by atoms with van der Waals surface area (Å²) >= 11 is 0. The molecule has 2 N–H and O–H groups in total. The van der Waals surface area contributed by atoms with Gasteiger partial charge in [-0.15, -0.1) is 6.42 Å². The number of ether oxygens (including phenoxy) is 1. The number of esters is 1. The molecule has 0 bridgehead atoms. The van der Waals surface area contributed by atoms with Gasteiger partial charge in [0.2, 0.25) is 15.9 Å². The van der Waals surface area contributed by atoms with Crippen LogP contribution in [-0.2, 0) is 30.8 Å². The van der Waals surface area contributed by atoms with E-state index >= 15 is 0 Å². The summed E-state index contributed by atoms with van der Waals surface area (Å²) in [5, 5.41) is 2.13. The molecular formula is C20H18N2O6S. The van der Waals surface area contributed by atoms with Gasteiger partial charge in [-0.3, -0.25) is 14.9 Å². The number of sulfonamides is 1. The van der Waals surface area contributed by atoms with Gasteiger partial charge in [0.25, 0.3) is 5.91 Å². The first kappa shape index (κ1) is 21.8. The Morgan fingerprint density at radius 3 is 2.24 bits per heavy atom. The summed E-state index contributed by atoms with van der Waals surface area (Å²) in [6, 6.07) is 13.7. The van der Waals surface area contributed by atoms with Gasteiger partial charge in [-0.05, 0) is 29.8 Å². The second-order valence-corrected chi connectivity index (χ2v) is 7.53. The van der Waals surface area contributed by atoms with Crippen molar-refractivity contribution in [1.29, 1.82) is 0 Å². The Labute approximate surface area is 168 Å². The lowest BCUT2D eigenvalue weighted by Gasteiger charge is -2.07. The summed E-state index contributed by atoms with van der Waals surface area (Å²) in [6.07, 6.45) is 5.03. The molecule has 29 heavy (non-hydrogen) atoms. The lowest BCUT2D eigenvalue weighted by Crippen LogP contribution is -2.35. The van der Waals surface area contributed by atoms with Crippen molar-refractivity contribution in [2.45, 2.75) is 11.3 Å². The van der Waals surface area contributed by atoms with Gasteiger partial charge in [0.15, 0.2) is 6.61 Å². The Morgan fingerprint density at radius 1 is 0.966 bits per heavy atom. The van der Waals surface area contributed by atoms with E-state index in [2.05, 4.69) is 16.0 Å². The van der Waals surface area contributed by atoms with Crippen LogP contribution in [0, 0.1) is 12.3 Å². The van der Waals surface area contributed by atoms with Gasteiger partial charge < -0.3 is 4.74 Å². The lowest BCUT2D eigenvalue weighted by molar-refractivity contribution is -0.132. The maximum absolute atomic E-state index is 12.0. The lowest BCUT2D eigenvalue weighted by atomic mass is 10.1. The molecule has 0 aliphatic heterocycles. The van der Waals surface area contributed by atoms with Crippen LogP contribution in [0.2, 0.25) is 0 Å². The van der Waals surface area contributed by atoms with Gasteiger partial charge in [0.05, 0.1) is 23.4 Å². The van der Waals surface area contributed by atoms with E-state index in [-0.39, 0.29) is 23.4 Å². The molecule has 8 nitrogen and oxygen atoms in total. The first-order valence-corrected chi connectivity index (χ1v) is 9.87. The molecule has 0 aliphatic carbocycles. The van der Waals surface area contributed by atoms with Crippen LogP contribution < -0.4 is 10.0 Å². The SMILES string of the molecule is C#CCNS(=O)(=O)c1ccc(C(=O)OCC(=O)NC(=O)Cc2ccccc2)cc1. The quantitative estimate of drug-likeness (QED) is 0.483. The second-order valence-electron chi connectivity index (χ2n) is 5.76. The van der Waals surface area contributed by atoms with E-state index in [0.29, 0.717) is 0 Å². The predicted octanol–water partition coefficient (Wildman–Crippen LogP) is 0.640. The number of imide groups is 1. The maximum Gasteiger partial charge on any atom is 0.338 e. The molecule has 2 rings (SSSR count). The minimum atomic E-state index is -3.78. The number of amides is 2. The van der Waals surface area contributed by atoms with Gasteiger partial charge in [-0.25, -0.2) is 13.2 Å². The molecule has 0 saturated heterocycles. The van der Waals surface area contributed by atoms with Gasteiger partial charge in [-0.1, -0.05) is 36.3 Å². The zero-order valence-electron chi connectivity index (χ0n) is 15.3. The molecule has 9 heteroatoms. The van der Waals surface area contributed by atoms with Gasteiger partial charge in [-0.2, -0.15) is 4.72 Å². The van der Waals surface area contributed by atoms with Gasteiger partial charge >= 0.3 is 5.97 Å². The van der Waals surface area contributed by atoms with Crippen molar-refractivity contribution in [3.05, 3.63) is 65.7 Å². The number of carbonyl (C=O) groups excluding carboxylic acids is 3. The predicted molar refractivity (Wildman–Crippen MR) is 104 cm³/mol. The highest BCUT2D eigenvalue weighted by molar-refractivity contribution is 7.89. The van der Waals surface area contributed by atoms with Crippen molar-refractivity contribution in [2.75, 3.05) is 13.2 Å². The number of hydrogen-bond donors (Lipinski definition) is 2. The van der Waals surface area contributed by atoms with E-state index in [1.807, 2.05) is 6.07 Å². The first-order chi connectivity index (χ1) is 13.8. The van der Waals surface area contributed by atoms with Gasteiger partial charge in [0, 0.05) is 0 Å². The van der Waals surface area contributed by atoms with Crippen molar-refractivity contribution in [1.82, 2.24) is 10.0 Å². The summed E-state index contributed by atoms with van der Waals surface area (Å²) in [6.45, 7) is -0.812. The van der Waals surface area contributed by atoms with E-state index < -0.39 is 34.4 Å². The smallest absolute Gasteiger partial charge is 0.338 e. The van der Waals surface area contributed by atoms with Crippen LogP contribution in [0.1, 0.15) is 15.9 Å². The third kappa shape index (κ3) is 6.88. The monoisotopic (exact) mass is 414 g/mol. The Balaban J connectivity index is 1.84. The fourth-order valence-corrected chi connectivity index (χ4v) is 3.16. The normalized spacial score (nSPS) is 10.6. The molecule has 0 unspecified atom stereocenters. The molecule has 2 aromatic carbocycles. The minimum absolute atomic E-state index is 0.0180. The summed E-state index contributed by atoms with van der Waals surface area (Å²) in [4.78, 5) is 35.5. The average Bonchev–Trinajstić information content (AvgIpc) is 2.71. The highest BCUT2D eigenvalue weighted by Crippen LogP contribution is 2.11. The zero-order valence-corrected chi connectivity index (χ0v) is 16.1. The van der Waals surface area contributed by atoms with Crippen LogP contribution in [0.4, 0.5) is 0 Å². The number of hydrogen-bond acceptors (Lipinski definition) is 6. The third-order valence-electron chi connectivity index (χ3n) is 3.59. The molecule has 0 fully saturated rings. The van der Waals surface area contributed by atoms with Crippen molar-refractivity contribution in [2.24, 2.45) is 0 Å². The molecule has 150 valence electrons. The number of rotatable bonds is 8. The van der Waals surface area contributed by atoms with E-state index in [1.165, 1.54) is 24.3 Å². The number of nitrogens with one attached hydrogen (secondary N) is 2. The standard InChI is InChI=1S/C20H18N2O6S/c1-2-12-21-29(26,27)17-10-8-16(9-11-17)20(25)28-14-19(24)22-18(23)13-15-6-4-3-5-7-15/h1,3-11,21H,12-14H2,(H,22,23,24). The van der Waals surface area contributed by atoms with Crippen LogP contribution >= 0.6 is 0 Å². The van der Waals surface area contributed by atoms with Crippen LogP contribution in [0.3, 0.4) is 0 Å². The number of benzene rings is 2. The topological polar surface area (TPSA) is 119 Å².